The van der Waals surface area contributed by atoms with E-state index < -0.39 is 35.4 Å². The predicted molar refractivity (Wildman–Crippen MR) is 130 cm³/mol. The monoisotopic (exact) mass is 472 g/mol. The van der Waals surface area contributed by atoms with Gasteiger partial charge in [0.2, 0.25) is 0 Å². The van der Waals surface area contributed by atoms with Crippen LogP contribution in [0.25, 0.3) is 0 Å². The van der Waals surface area contributed by atoms with Crippen molar-refractivity contribution in [2.45, 2.75) is 30.5 Å². The first-order valence-corrected chi connectivity index (χ1v) is 11.5. The quantitative estimate of drug-likeness (QED) is 0.410. The molecule has 1 N–H and O–H groups in total. The number of aromatic nitrogens is 2. The Labute approximate surface area is 201 Å². The molecular weight excluding hydrogens is 447 g/mol. The highest BCUT2D eigenvalue weighted by Gasteiger charge is 2.42. The third-order valence-corrected chi connectivity index (χ3v) is 6.33. The molecule has 3 aromatic carbocycles. The van der Waals surface area contributed by atoms with E-state index in [0.717, 1.165) is 16.7 Å². The molecule has 178 valence electrons. The summed E-state index contributed by atoms with van der Waals surface area (Å²) in [5, 5.41) is 0. The van der Waals surface area contributed by atoms with Crippen LogP contribution in [0.1, 0.15) is 29.3 Å². The lowest BCUT2D eigenvalue weighted by molar-refractivity contribution is -0.0868. The van der Waals surface area contributed by atoms with E-state index in [1.165, 1.54) is 16.8 Å². The molecule has 1 saturated heterocycles. The van der Waals surface area contributed by atoms with Crippen molar-refractivity contribution < 1.29 is 13.9 Å². The molecule has 1 fully saturated rings. The number of nitrogens with zero attached hydrogens (tertiary/aromatic N) is 1. The van der Waals surface area contributed by atoms with E-state index in [1.807, 2.05) is 91.0 Å². The first-order chi connectivity index (χ1) is 17.1. The molecule has 3 atom stereocenters. The van der Waals surface area contributed by atoms with E-state index in [4.69, 9.17) is 9.47 Å². The summed E-state index contributed by atoms with van der Waals surface area (Å²) in [5.74, 6) is 0. The lowest BCUT2D eigenvalue weighted by Crippen LogP contribution is -2.37. The van der Waals surface area contributed by atoms with E-state index in [1.54, 1.807) is 0 Å². The third-order valence-electron chi connectivity index (χ3n) is 6.33. The maximum absolute atomic E-state index is 15.1. The van der Waals surface area contributed by atoms with E-state index in [2.05, 4.69) is 4.98 Å². The predicted octanol–water partition coefficient (Wildman–Crippen LogP) is 4.17. The normalized spacial score (nSPS) is 20.1. The van der Waals surface area contributed by atoms with Gasteiger partial charge in [-0.1, -0.05) is 91.0 Å². The van der Waals surface area contributed by atoms with Crippen LogP contribution in [0.15, 0.2) is 113 Å². The first-order valence-electron chi connectivity index (χ1n) is 11.5. The molecule has 35 heavy (non-hydrogen) atoms. The van der Waals surface area contributed by atoms with Crippen molar-refractivity contribution in [2.24, 2.45) is 0 Å². The second kappa shape index (κ2) is 9.82. The minimum Gasteiger partial charge on any atom is -0.358 e. The Kier molecular flexibility index (Phi) is 6.44. The van der Waals surface area contributed by atoms with E-state index in [0.29, 0.717) is 0 Å². The van der Waals surface area contributed by atoms with Crippen LogP contribution >= 0.6 is 0 Å². The summed E-state index contributed by atoms with van der Waals surface area (Å²) in [6.07, 6.45) is -1.77. The fourth-order valence-corrected chi connectivity index (χ4v) is 4.64. The Balaban J connectivity index is 1.50. The van der Waals surface area contributed by atoms with E-state index >= 15 is 4.39 Å². The molecule has 5 rings (SSSR count). The van der Waals surface area contributed by atoms with Crippen LogP contribution < -0.4 is 11.2 Å². The average molecular weight is 473 g/mol. The number of halogens is 1. The summed E-state index contributed by atoms with van der Waals surface area (Å²) in [4.78, 5) is 25.8. The summed E-state index contributed by atoms with van der Waals surface area (Å²) >= 11 is 0. The van der Waals surface area contributed by atoms with Crippen LogP contribution in [0.5, 0.6) is 0 Å². The molecule has 1 aliphatic rings. The molecule has 4 aromatic rings. The fraction of sp³-hybridized carbons (Fsp3) is 0.214. The molecule has 6 nitrogen and oxygen atoms in total. The van der Waals surface area contributed by atoms with E-state index in [-0.39, 0.29) is 13.0 Å². The van der Waals surface area contributed by atoms with Gasteiger partial charge in [0, 0.05) is 18.7 Å². The smallest absolute Gasteiger partial charge is 0.330 e. The Morgan fingerprint density at radius 3 is 1.86 bits per heavy atom. The van der Waals surface area contributed by atoms with Gasteiger partial charge >= 0.3 is 5.69 Å². The molecular formula is C28H25FN2O4. The molecule has 0 radical (unpaired) electrons. The van der Waals surface area contributed by atoms with E-state index in [9.17, 15) is 9.59 Å². The molecule has 1 unspecified atom stereocenters. The van der Waals surface area contributed by atoms with Gasteiger partial charge in [-0.2, -0.15) is 0 Å². The first kappa shape index (κ1) is 23.0. The number of H-pyrrole nitrogens is 1. The molecule has 7 heteroatoms. The largest absolute Gasteiger partial charge is 0.358 e. The lowest BCUT2D eigenvalue weighted by atomic mass is 9.80. The molecule has 1 aliphatic heterocycles. The van der Waals surface area contributed by atoms with Crippen molar-refractivity contribution in [1.82, 2.24) is 9.55 Å². The zero-order chi connectivity index (χ0) is 24.3. The number of aromatic amines is 1. The maximum atomic E-state index is 15.1. The molecule has 0 saturated carbocycles. The molecule has 2 heterocycles. The summed E-state index contributed by atoms with van der Waals surface area (Å²) in [7, 11) is 0. The molecule has 0 aliphatic carbocycles. The number of alkyl halides is 1. The average Bonchev–Trinajstić information content (AvgIpc) is 3.26. The minimum absolute atomic E-state index is 0.0189. The summed E-state index contributed by atoms with van der Waals surface area (Å²) in [5.41, 5.74) is 0.556. The van der Waals surface area contributed by atoms with Gasteiger partial charge in [-0.05, 0) is 16.7 Å². The van der Waals surface area contributed by atoms with Crippen LogP contribution in [0, 0.1) is 0 Å². The second-order valence-corrected chi connectivity index (χ2v) is 8.49. The summed E-state index contributed by atoms with van der Waals surface area (Å²) < 4.78 is 28.9. The van der Waals surface area contributed by atoms with Gasteiger partial charge in [0.15, 0.2) is 0 Å². The summed E-state index contributed by atoms with van der Waals surface area (Å²) in [6.45, 7) is -0.0472. The number of hydrogen-bond acceptors (Lipinski definition) is 4. The molecule has 0 spiro atoms. The zero-order valence-electron chi connectivity index (χ0n) is 18.9. The van der Waals surface area contributed by atoms with Gasteiger partial charge in [-0.3, -0.25) is 14.3 Å². The SMILES string of the molecule is O=c1ccn([C@@H]2CC(F)[C@H](COC(c3ccccc3)(c3ccccc3)c3ccccc3)O2)c(=O)[nH]1. The van der Waals surface area contributed by atoms with Crippen LogP contribution in [0.3, 0.4) is 0 Å². The Bertz CT molecular complexity index is 1280. The van der Waals surface area contributed by atoms with Gasteiger partial charge in [0.1, 0.15) is 24.1 Å². The maximum Gasteiger partial charge on any atom is 0.330 e. The van der Waals surface area contributed by atoms with Crippen molar-refractivity contribution in [3.05, 3.63) is 141 Å². The number of hydrogen-bond donors (Lipinski definition) is 1. The zero-order valence-corrected chi connectivity index (χ0v) is 18.9. The van der Waals surface area contributed by atoms with Crippen molar-refractivity contribution >= 4 is 0 Å². The minimum atomic E-state index is -1.35. The third kappa shape index (κ3) is 4.48. The van der Waals surface area contributed by atoms with Crippen molar-refractivity contribution in [3.8, 4) is 0 Å². The van der Waals surface area contributed by atoms with Crippen molar-refractivity contribution in [2.75, 3.05) is 6.61 Å². The highest BCUT2D eigenvalue weighted by molar-refractivity contribution is 5.47. The second-order valence-electron chi connectivity index (χ2n) is 8.49. The van der Waals surface area contributed by atoms with Crippen LogP contribution in [-0.2, 0) is 15.1 Å². The van der Waals surface area contributed by atoms with Gasteiger partial charge in [0.25, 0.3) is 5.56 Å². The number of nitrogens with one attached hydrogen (secondary N) is 1. The number of rotatable bonds is 7. The van der Waals surface area contributed by atoms with Crippen LogP contribution in [-0.4, -0.2) is 28.4 Å². The Hall–Kier alpha value is -3.81. The Morgan fingerprint density at radius 2 is 1.37 bits per heavy atom. The van der Waals surface area contributed by atoms with Gasteiger partial charge < -0.3 is 9.47 Å². The van der Waals surface area contributed by atoms with Crippen molar-refractivity contribution in [1.29, 1.82) is 0 Å². The standard InChI is InChI=1S/C28H25FN2O4/c29-23-18-26(31-17-16-25(32)30-27(31)33)35-24(23)19-34-28(20-10-4-1-5-11-20,21-12-6-2-7-13-21)22-14-8-3-9-15-22/h1-17,23-24,26H,18-19H2,(H,30,32,33)/t23?,24-,26-/m0/s1. The molecule has 1 aromatic heterocycles. The number of ether oxygens (including phenoxy) is 2. The highest BCUT2D eigenvalue weighted by Crippen LogP contribution is 2.41. The topological polar surface area (TPSA) is 73.3 Å². The van der Waals surface area contributed by atoms with Gasteiger partial charge in [0.05, 0.1) is 6.61 Å². The van der Waals surface area contributed by atoms with Crippen LogP contribution in [0.2, 0.25) is 0 Å². The number of benzene rings is 3. The van der Waals surface area contributed by atoms with Gasteiger partial charge in [-0.15, -0.1) is 0 Å². The van der Waals surface area contributed by atoms with Crippen LogP contribution in [0.4, 0.5) is 4.39 Å². The molecule has 0 amide bonds. The van der Waals surface area contributed by atoms with Gasteiger partial charge in [-0.25, -0.2) is 9.18 Å². The highest BCUT2D eigenvalue weighted by atomic mass is 19.1. The molecule has 0 bridgehead atoms. The summed E-state index contributed by atoms with van der Waals surface area (Å²) in [6, 6.07) is 30.7. The lowest BCUT2D eigenvalue weighted by Gasteiger charge is -2.36. The van der Waals surface area contributed by atoms with Crippen molar-refractivity contribution in [3.63, 3.8) is 0 Å². The Morgan fingerprint density at radius 1 is 0.857 bits per heavy atom. The fourth-order valence-electron chi connectivity index (χ4n) is 4.64.